The number of thiocarbonyl (C=S) groups is 1. The number of carbonyl (C=O) groups is 2. The van der Waals surface area contributed by atoms with E-state index in [4.69, 9.17) is 21.7 Å². The summed E-state index contributed by atoms with van der Waals surface area (Å²) in [5, 5.41) is 5.81. The highest BCUT2D eigenvalue weighted by molar-refractivity contribution is 7.80. The van der Waals surface area contributed by atoms with Gasteiger partial charge < -0.3 is 24.6 Å². The maximum absolute atomic E-state index is 13.6. The van der Waals surface area contributed by atoms with Crippen molar-refractivity contribution in [3.63, 3.8) is 0 Å². The van der Waals surface area contributed by atoms with Gasteiger partial charge in [-0.1, -0.05) is 42.5 Å². The van der Waals surface area contributed by atoms with Crippen LogP contribution in [-0.4, -0.2) is 58.3 Å². The number of hydrogen-bond acceptors (Lipinski definition) is 5. The fraction of sp³-hybridized carbons (Fsp3) is 0.269. The summed E-state index contributed by atoms with van der Waals surface area (Å²) in [5.74, 6) is 1.30. The molecule has 176 valence electrons. The zero-order chi connectivity index (χ0) is 23.7. The monoisotopic (exact) mass is 486 g/mol. The lowest BCUT2D eigenvalue weighted by Crippen LogP contribution is -2.56. The minimum absolute atomic E-state index is 0.0354. The van der Waals surface area contributed by atoms with E-state index in [1.807, 2.05) is 60.7 Å². The lowest BCUT2D eigenvalue weighted by Gasteiger charge is -2.36. The Labute approximate surface area is 207 Å². The minimum atomic E-state index is -0.523. The van der Waals surface area contributed by atoms with E-state index in [0.29, 0.717) is 23.9 Å². The fourth-order valence-electron chi connectivity index (χ4n) is 5.85. The molecule has 4 heterocycles. The zero-order valence-corrected chi connectivity index (χ0v) is 19.5. The number of nitrogens with zero attached hydrogens (tertiary/aromatic N) is 3. The van der Waals surface area contributed by atoms with Crippen LogP contribution in [0.4, 0.5) is 10.5 Å². The second-order valence-corrected chi connectivity index (χ2v) is 9.65. The highest BCUT2D eigenvalue weighted by Crippen LogP contribution is 2.43. The average molecular weight is 487 g/mol. The van der Waals surface area contributed by atoms with E-state index in [0.717, 1.165) is 34.3 Å². The Balaban J connectivity index is 1.11. The molecule has 7 rings (SSSR count). The third-order valence-corrected chi connectivity index (χ3v) is 7.79. The largest absolute Gasteiger partial charge is 0.454 e. The summed E-state index contributed by atoms with van der Waals surface area (Å²) in [6.07, 6.45) is 0.747. The van der Waals surface area contributed by atoms with Crippen molar-refractivity contribution in [1.82, 2.24) is 15.1 Å². The molecule has 0 aromatic heterocycles. The van der Waals surface area contributed by atoms with Gasteiger partial charge in [-0.05, 0) is 47.8 Å². The van der Waals surface area contributed by atoms with Crippen molar-refractivity contribution >= 4 is 45.7 Å². The van der Waals surface area contributed by atoms with E-state index in [-0.39, 0.29) is 30.8 Å². The Morgan fingerprint density at radius 1 is 1.03 bits per heavy atom. The van der Waals surface area contributed by atoms with Gasteiger partial charge in [0.15, 0.2) is 16.6 Å². The molecule has 3 amide bonds. The molecule has 3 aromatic carbocycles. The van der Waals surface area contributed by atoms with Crippen LogP contribution in [0.15, 0.2) is 60.7 Å². The molecule has 0 radical (unpaired) electrons. The van der Waals surface area contributed by atoms with Crippen molar-refractivity contribution in [2.24, 2.45) is 0 Å². The van der Waals surface area contributed by atoms with Crippen molar-refractivity contribution < 1.29 is 19.1 Å². The molecule has 9 heteroatoms. The van der Waals surface area contributed by atoms with Crippen LogP contribution in [0, 0.1) is 0 Å². The second kappa shape index (κ2) is 7.58. The fourth-order valence-corrected chi connectivity index (χ4v) is 6.13. The third kappa shape index (κ3) is 3.01. The van der Waals surface area contributed by atoms with E-state index in [1.54, 1.807) is 4.90 Å². The van der Waals surface area contributed by atoms with Crippen LogP contribution >= 0.6 is 12.2 Å². The smallest absolute Gasteiger partial charge is 0.332 e. The van der Waals surface area contributed by atoms with E-state index in [9.17, 15) is 9.59 Å². The van der Waals surface area contributed by atoms with Crippen LogP contribution in [-0.2, 0) is 11.3 Å². The van der Waals surface area contributed by atoms with E-state index >= 15 is 0 Å². The van der Waals surface area contributed by atoms with Crippen molar-refractivity contribution in [1.29, 1.82) is 0 Å². The molecule has 4 aliphatic heterocycles. The summed E-state index contributed by atoms with van der Waals surface area (Å²) in [7, 11) is 0. The van der Waals surface area contributed by atoms with Crippen molar-refractivity contribution in [3.05, 3.63) is 66.2 Å². The van der Waals surface area contributed by atoms with E-state index in [1.165, 1.54) is 4.90 Å². The molecular weight excluding hydrogens is 464 g/mol. The van der Waals surface area contributed by atoms with Gasteiger partial charge in [-0.2, -0.15) is 0 Å². The van der Waals surface area contributed by atoms with Gasteiger partial charge in [0.05, 0.1) is 17.8 Å². The number of hydrogen-bond donors (Lipinski definition) is 1. The number of imide groups is 1. The van der Waals surface area contributed by atoms with Gasteiger partial charge in [-0.25, -0.2) is 9.69 Å². The first-order chi connectivity index (χ1) is 17.1. The highest BCUT2D eigenvalue weighted by atomic mass is 32.1. The van der Waals surface area contributed by atoms with E-state index in [2.05, 4.69) is 10.2 Å². The number of anilines is 1. The summed E-state index contributed by atoms with van der Waals surface area (Å²) in [6.45, 7) is 1.39. The molecule has 0 spiro atoms. The van der Waals surface area contributed by atoms with Crippen LogP contribution in [0.5, 0.6) is 11.5 Å². The Kier molecular flexibility index (Phi) is 4.44. The lowest BCUT2D eigenvalue weighted by molar-refractivity contribution is -0.120. The number of ether oxygens (including phenoxy) is 2. The Hall–Kier alpha value is -3.85. The summed E-state index contributed by atoms with van der Waals surface area (Å²) in [4.78, 5) is 32.3. The van der Waals surface area contributed by atoms with Crippen molar-refractivity contribution in [2.75, 3.05) is 18.2 Å². The second-order valence-electron chi connectivity index (χ2n) is 9.26. The molecule has 35 heavy (non-hydrogen) atoms. The standard InChI is InChI=1S/C26H22N4O4S/c31-24-23-20-11-17(13-28(20)25(35)27-12-15-8-9-21-22(10-15)34-14-33-21)29(23)26(32)30(24)19-7-3-5-16-4-1-2-6-18(16)19/h1-10,17,20,23H,11-14H2,(H,27,35)/t17-,20-,23-/m0/s1. The Morgan fingerprint density at radius 3 is 2.77 bits per heavy atom. The number of amides is 3. The Morgan fingerprint density at radius 2 is 1.86 bits per heavy atom. The number of benzene rings is 3. The molecule has 2 bridgehead atoms. The predicted molar refractivity (Wildman–Crippen MR) is 133 cm³/mol. The summed E-state index contributed by atoms with van der Waals surface area (Å²) >= 11 is 5.72. The van der Waals surface area contributed by atoms with Crippen LogP contribution < -0.4 is 19.7 Å². The topological polar surface area (TPSA) is 74.4 Å². The molecule has 3 fully saturated rings. The number of carbonyl (C=O) groups excluding carboxylic acids is 2. The quantitative estimate of drug-likeness (QED) is 0.450. The van der Waals surface area contributed by atoms with Crippen LogP contribution in [0.25, 0.3) is 10.8 Å². The summed E-state index contributed by atoms with van der Waals surface area (Å²) in [5.41, 5.74) is 1.67. The van der Waals surface area contributed by atoms with Gasteiger partial charge in [-0.15, -0.1) is 0 Å². The first-order valence-electron chi connectivity index (χ1n) is 11.7. The number of nitrogens with one attached hydrogen (secondary N) is 1. The molecule has 3 saturated heterocycles. The van der Waals surface area contributed by atoms with Crippen molar-refractivity contribution in [3.8, 4) is 11.5 Å². The maximum atomic E-state index is 13.6. The number of urea groups is 1. The van der Waals surface area contributed by atoms with Gasteiger partial charge in [0.25, 0.3) is 5.91 Å². The van der Waals surface area contributed by atoms with Gasteiger partial charge in [0, 0.05) is 18.5 Å². The normalized spacial score (nSPS) is 24.0. The molecule has 8 nitrogen and oxygen atoms in total. The maximum Gasteiger partial charge on any atom is 0.332 e. The first-order valence-corrected chi connectivity index (χ1v) is 12.1. The number of piperazine rings is 1. The van der Waals surface area contributed by atoms with Gasteiger partial charge >= 0.3 is 6.03 Å². The molecule has 4 aliphatic rings. The van der Waals surface area contributed by atoms with Gasteiger partial charge in [0.1, 0.15) is 6.04 Å². The van der Waals surface area contributed by atoms with Gasteiger partial charge in [-0.3, -0.25) is 4.79 Å². The average Bonchev–Trinajstić information content (AvgIpc) is 3.65. The minimum Gasteiger partial charge on any atom is -0.454 e. The first kappa shape index (κ1) is 20.5. The SMILES string of the molecule is O=C1[C@@H]2[C@@H]3C[C@@H](CN3C(=S)NCc3ccc4c(c3)OCO4)N2C(=O)N1c1cccc2ccccc12. The van der Waals surface area contributed by atoms with Gasteiger partial charge in [0.2, 0.25) is 6.79 Å². The van der Waals surface area contributed by atoms with Crippen LogP contribution in [0.3, 0.4) is 0 Å². The molecule has 3 atom stereocenters. The molecule has 0 unspecified atom stereocenters. The van der Waals surface area contributed by atoms with Crippen molar-refractivity contribution in [2.45, 2.75) is 31.1 Å². The van der Waals surface area contributed by atoms with Crippen LogP contribution in [0.2, 0.25) is 0 Å². The third-order valence-electron chi connectivity index (χ3n) is 7.41. The zero-order valence-electron chi connectivity index (χ0n) is 18.7. The number of fused-ring (bicyclic) bond motifs is 7. The summed E-state index contributed by atoms with van der Waals surface area (Å²) < 4.78 is 10.8. The molecule has 3 aromatic rings. The molecular formula is C26H22N4O4S. The highest BCUT2D eigenvalue weighted by Gasteiger charge is 2.62. The molecule has 1 N–H and O–H groups in total. The molecule has 0 saturated carbocycles. The predicted octanol–water partition coefficient (Wildman–Crippen LogP) is 3.24. The Bertz CT molecular complexity index is 1410. The number of likely N-dealkylation sites (tertiary alicyclic amines) is 1. The van der Waals surface area contributed by atoms with E-state index < -0.39 is 6.04 Å². The lowest BCUT2D eigenvalue weighted by atomic mass is 10.1. The molecule has 0 aliphatic carbocycles. The summed E-state index contributed by atoms with van der Waals surface area (Å²) in [6, 6.07) is 18.4. The number of rotatable bonds is 3. The van der Waals surface area contributed by atoms with Crippen LogP contribution in [0.1, 0.15) is 12.0 Å².